The zero-order chi connectivity index (χ0) is 15.4. The lowest BCUT2D eigenvalue weighted by molar-refractivity contribution is -0.145. The van der Waals surface area contributed by atoms with Gasteiger partial charge in [-0.25, -0.2) is 0 Å². The van der Waals surface area contributed by atoms with Crippen molar-refractivity contribution in [2.24, 2.45) is 0 Å². The number of hydrogen-bond acceptors (Lipinski definition) is 4. The molecular formula is C13H20N2O4S. The monoisotopic (exact) mass is 300 g/mol. The van der Waals surface area contributed by atoms with E-state index in [1.165, 1.54) is 4.90 Å². The maximum atomic E-state index is 12.1. The van der Waals surface area contributed by atoms with Crippen LogP contribution in [0.25, 0.3) is 0 Å². The summed E-state index contributed by atoms with van der Waals surface area (Å²) in [6.07, 6.45) is 0.127. The van der Waals surface area contributed by atoms with Crippen LogP contribution in [-0.2, 0) is 16.1 Å². The number of nitrogens with zero attached hydrogens (tertiary/aromatic N) is 2. The quantitative estimate of drug-likeness (QED) is 0.857. The fourth-order valence-corrected chi connectivity index (χ4v) is 2.76. The molecule has 1 aromatic heterocycles. The van der Waals surface area contributed by atoms with Gasteiger partial charge in [-0.05, 0) is 27.7 Å². The molecule has 1 amide bonds. The van der Waals surface area contributed by atoms with Gasteiger partial charge in [0.15, 0.2) is 0 Å². The Morgan fingerprint density at radius 3 is 2.35 bits per heavy atom. The van der Waals surface area contributed by atoms with Gasteiger partial charge < -0.3 is 14.6 Å². The first kappa shape index (κ1) is 16.4. The van der Waals surface area contributed by atoms with Gasteiger partial charge in [0.05, 0.1) is 0 Å². The molecular weight excluding hydrogens is 280 g/mol. The van der Waals surface area contributed by atoms with Crippen molar-refractivity contribution in [1.82, 2.24) is 9.47 Å². The lowest BCUT2D eigenvalue weighted by Crippen LogP contribution is -2.41. The normalized spacial score (nSPS) is 10.8. The summed E-state index contributed by atoms with van der Waals surface area (Å²) in [5.41, 5.74) is 0.863. The van der Waals surface area contributed by atoms with Crippen LogP contribution in [0.2, 0.25) is 0 Å². The highest BCUT2D eigenvalue weighted by Crippen LogP contribution is 2.10. The molecule has 0 atom stereocenters. The van der Waals surface area contributed by atoms with Crippen LogP contribution >= 0.6 is 11.3 Å². The highest BCUT2D eigenvalue weighted by molar-refractivity contribution is 7.09. The van der Waals surface area contributed by atoms with Gasteiger partial charge in [-0.2, -0.15) is 0 Å². The molecule has 0 saturated carbocycles. The number of carboxylic acid groups (broad SMARTS) is 1. The fraction of sp³-hybridized carbons (Fsp3) is 0.615. The number of amides is 1. The molecule has 0 radical (unpaired) electrons. The van der Waals surface area contributed by atoms with Crippen LogP contribution < -0.4 is 4.87 Å². The molecule has 1 aromatic rings. The lowest BCUT2D eigenvalue weighted by Gasteiger charge is -2.25. The Bertz CT molecular complexity index is 559. The molecule has 0 bridgehead atoms. The Kier molecular flexibility index (Phi) is 5.50. The molecule has 6 nitrogen and oxygen atoms in total. The minimum atomic E-state index is -1.04. The van der Waals surface area contributed by atoms with Gasteiger partial charge in [0, 0.05) is 29.6 Å². The largest absolute Gasteiger partial charge is 0.480 e. The van der Waals surface area contributed by atoms with Gasteiger partial charge in [0.1, 0.15) is 6.54 Å². The molecule has 1 rings (SSSR count). The van der Waals surface area contributed by atoms with Gasteiger partial charge >= 0.3 is 10.8 Å². The molecule has 0 aliphatic rings. The minimum absolute atomic E-state index is 0.0814. The Balaban J connectivity index is 2.75. The van der Waals surface area contributed by atoms with E-state index < -0.39 is 5.97 Å². The first-order valence-corrected chi connectivity index (χ1v) is 7.23. The minimum Gasteiger partial charge on any atom is -0.480 e. The Hall–Kier alpha value is -1.63. The van der Waals surface area contributed by atoms with Crippen molar-refractivity contribution < 1.29 is 14.7 Å². The molecule has 0 unspecified atom stereocenters. The summed E-state index contributed by atoms with van der Waals surface area (Å²) in [6.45, 7) is 7.23. The van der Waals surface area contributed by atoms with Crippen molar-refractivity contribution in [3.63, 3.8) is 0 Å². The molecule has 1 heterocycles. The van der Waals surface area contributed by atoms with Gasteiger partial charge in [-0.1, -0.05) is 11.3 Å². The maximum Gasteiger partial charge on any atom is 0.323 e. The fourth-order valence-electron chi connectivity index (χ4n) is 1.90. The van der Waals surface area contributed by atoms with E-state index in [0.29, 0.717) is 0 Å². The second kappa shape index (κ2) is 6.69. The summed E-state index contributed by atoms with van der Waals surface area (Å²) in [6, 6.07) is -0.180. The third-order valence-electron chi connectivity index (χ3n) is 3.17. The smallest absolute Gasteiger partial charge is 0.323 e. The number of carboxylic acids is 1. The zero-order valence-corrected chi connectivity index (χ0v) is 13.0. The van der Waals surface area contributed by atoms with E-state index in [4.69, 9.17) is 5.11 Å². The van der Waals surface area contributed by atoms with E-state index in [-0.39, 0.29) is 36.3 Å². The predicted molar refractivity (Wildman–Crippen MR) is 77.2 cm³/mol. The third kappa shape index (κ3) is 3.93. The highest BCUT2D eigenvalue weighted by Gasteiger charge is 2.20. The van der Waals surface area contributed by atoms with Crippen molar-refractivity contribution in [3.05, 3.63) is 20.2 Å². The Morgan fingerprint density at radius 2 is 1.95 bits per heavy atom. The number of carbonyl (C=O) groups is 2. The summed E-state index contributed by atoms with van der Waals surface area (Å²) in [7, 11) is 0. The van der Waals surface area contributed by atoms with E-state index in [9.17, 15) is 14.4 Å². The molecule has 0 aromatic carbocycles. The second-order valence-electron chi connectivity index (χ2n) is 4.92. The molecule has 20 heavy (non-hydrogen) atoms. The van der Waals surface area contributed by atoms with E-state index in [1.807, 2.05) is 13.8 Å². The molecule has 0 aliphatic carbocycles. The van der Waals surface area contributed by atoms with Crippen LogP contribution in [0.5, 0.6) is 0 Å². The van der Waals surface area contributed by atoms with E-state index in [1.54, 1.807) is 18.4 Å². The molecule has 7 heteroatoms. The number of thiazole rings is 1. The number of aliphatic carboxylic acids is 1. The van der Waals surface area contributed by atoms with Crippen molar-refractivity contribution >= 4 is 23.2 Å². The van der Waals surface area contributed by atoms with E-state index >= 15 is 0 Å². The lowest BCUT2D eigenvalue weighted by atomic mass is 10.2. The highest BCUT2D eigenvalue weighted by atomic mass is 32.1. The first-order valence-electron chi connectivity index (χ1n) is 6.42. The van der Waals surface area contributed by atoms with Gasteiger partial charge in [0.25, 0.3) is 0 Å². The molecule has 0 aliphatic heterocycles. The molecule has 112 valence electrons. The van der Waals surface area contributed by atoms with Crippen LogP contribution in [0.15, 0.2) is 4.79 Å². The third-order valence-corrected chi connectivity index (χ3v) is 4.17. The first-order chi connectivity index (χ1) is 9.23. The van der Waals surface area contributed by atoms with Gasteiger partial charge in [0.2, 0.25) is 5.91 Å². The van der Waals surface area contributed by atoms with Crippen molar-refractivity contribution in [2.45, 2.75) is 46.7 Å². The molecule has 0 spiro atoms. The molecule has 0 fully saturated rings. The molecule has 1 N–H and O–H groups in total. The number of rotatable bonds is 6. The average Bonchev–Trinajstić information content (AvgIpc) is 2.57. The van der Waals surface area contributed by atoms with E-state index in [2.05, 4.69) is 0 Å². The standard InChI is InChI=1S/C13H20N2O4S/c1-8(2)15(7-12(17)18)11(16)5-6-14-9(3)10(4)20-13(14)19/h8H,5-7H2,1-4H3,(H,17,18). The van der Waals surface area contributed by atoms with Gasteiger partial charge in [-0.3, -0.25) is 14.4 Å². The number of aromatic nitrogens is 1. The predicted octanol–water partition coefficient (Wildman–Crippen LogP) is 1.24. The van der Waals surface area contributed by atoms with Crippen molar-refractivity contribution in [2.75, 3.05) is 6.54 Å². The van der Waals surface area contributed by atoms with Crippen LogP contribution in [-0.4, -0.2) is 39.0 Å². The van der Waals surface area contributed by atoms with Crippen LogP contribution in [0.3, 0.4) is 0 Å². The Labute approximate surface area is 121 Å². The second-order valence-corrected chi connectivity index (χ2v) is 6.09. The van der Waals surface area contributed by atoms with Crippen molar-refractivity contribution in [1.29, 1.82) is 0 Å². The topological polar surface area (TPSA) is 79.6 Å². The van der Waals surface area contributed by atoms with Gasteiger partial charge in [-0.15, -0.1) is 0 Å². The zero-order valence-electron chi connectivity index (χ0n) is 12.2. The summed E-state index contributed by atoms with van der Waals surface area (Å²) in [5, 5.41) is 8.81. The van der Waals surface area contributed by atoms with Crippen LogP contribution in [0.4, 0.5) is 0 Å². The number of aryl methyl sites for hydroxylation is 1. The molecule has 0 saturated heterocycles. The number of hydrogen-bond donors (Lipinski definition) is 1. The summed E-state index contributed by atoms with van der Waals surface area (Å²) in [5.74, 6) is -1.29. The van der Waals surface area contributed by atoms with E-state index in [0.717, 1.165) is 21.9 Å². The maximum absolute atomic E-state index is 12.1. The summed E-state index contributed by atoms with van der Waals surface area (Å²) >= 11 is 1.16. The summed E-state index contributed by atoms with van der Waals surface area (Å²) < 4.78 is 1.57. The Morgan fingerprint density at radius 1 is 1.35 bits per heavy atom. The average molecular weight is 300 g/mol. The summed E-state index contributed by atoms with van der Waals surface area (Å²) in [4.78, 5) is 36.7. The van der Waals surface area contributed by atoms with Crippen molar-refractivity contribution in [3.8, 4) is 0 Å². The van der Waals surface area contributed by atoms with Crippen LogP contribution in [0.1, 0.15) is 30.8 Å². The number of carbonyl (C=O) groups excluding carboxylic acids is 1. The van der Waals surface area contributed by atoms with Crippen LogP contribution in [0, 0.1) is 13.8 Å². The SMILES string of the molecule is Cc1sc(=O)n(CCC(=O)N(CC(=O)O)C(C)C)c1C.